The second kappa shape index (κ2) is 6.96. The number of ether oxygens (including phenoxy) is 1. The summed E-state index contributed by atoms with van der Waals surface area (Å²) in [5.74, 6) is 0.731. The predicted octanol–water partition coefficient (Wildman–Crippen LogP) is 2.90. The van der Waals surface area contributed by atoms with E-state index in [-0.39, 0.29) is 11.8 Å². The van der Waals surface area contributed by atoms with Gasteiger partial charge in [0.25, 0.3) is 0 Å². The number of hydrogen-bond acceptors (Lipinski definition) is 3. The van der Waals surface area contributed by atoms with Gasteiger partial charge < -0.3 is 15.6 Å². The lowest BCUT2D eigenvalue weighted by Crippen LogP contribution is -2.25. The molecule has 0 saturated carbocycles. The third-order valence-electron chi connectivity index (χ3n) is 3.21. The van der Waals surface area contributed by atoms with E-state index in [0.717, 1.165) is 12.0 Å². The number of aromatic hydroxyl groups is 1. The number of phenolic OH excluding ortho intramolecular Hbond substituents is 1. The van der Waals surface area contributed by atoms with Crippen molar-refractivity contribution in [2.75, 3.05) is 6.61 Å². The van der Waals surface area contributed by atoms with E-state index in [1.54, 1.807) is 6.07 Å². The van der Waals surface area contributed by atoms with Gasteiger partial charge in [0.2, 0.25) is 0 Å². The van der Waals surface area contributed by atoms with Crippen molar-refractivity contribution < 1.29 is 9.84 Å². The average molecular weight is 271 g/mol. The molecule has 1 unspecified atom stereocenters. The smallest absolute Gasteiger partial charge is 0.161 e. The van der Waals surface area contributed by atoms with Crippen LogP contribution in [0, 0.1) is 0 Å². The van der Waals surface area contributed by atoms with E-state index in [0.29, 0.717) is 18.8 Å². The van der Waals surface area contributed by atoms with Crippen LogP contribution in [0.5, 0.6) is 11.5 Å². The molecule has 0 aliphatic heterocycles. The first-order valence-corrected chi connectivity index (χ1v) is 6.94. The second-order valence-electron chi connectivity index (χ2n) is 4.85. The molecule has 2 aromatic carbocycles. The zero-order valence-corrected chi connectivity index (χ0v) is 11.8. The number of para-hydroxylation sites is 1. The number of rotatable bonds is 6. The average Bonchev–Trinajstić information content (AvgIpc) is 2.44. The molecule has 2 rings (SSSR count). The largest absolute Gasteiger partial charge is 0.504 e. The third-order valence-corrected chi connectivity index (χ3v) is 3.21. The molecule has 2 aromatic rings. The molecule has 1 atom stereocenters. The van der Waals surface area contributed by atoms with Gasteiger partial charge in [-0.25, -0.2) is 0 Å². The SMILES string of the molecule is CCOc1cccc(CC(N)Cc2ccccc2)c1O. The fourth-order valence-corrected chi connectivity index (χ4v) is 2.28. The van der Waals surface area contributed by atoms with Gasteiger partial charge in [0.1, 0.15) is 0 Å². The quantitative estimate of drug-likeness (QED) is 0.849. The molecule has 0 bridgehead atoms. The van der Waals surface area contributed by atoms with Gasteiger partial charge in [-0.05, 0) is 37.0 Å². The Labute approximate surface area is 120 Å². The standard InChI is InChI=1S/C17H21NO2/c1-2-20-16-10-6-9-14(17(16)19)12-15(18)11-13-7-4-3-5-8-13/h3-10,15,19H,2,11-12,18H2,1H3. The van der Waals surface area contributed by atoms with E-state index in [1.807, 2.05) is 37.3 Å². The molecular formula is C17H21NO2. The van der Waals surface area contributed by atoms with Crippen molar-refractivity contribution in [1.29, 1.82) is 0 Å². The van der Waals surface area contributed by atoms with Gasteiger partial charge in [0, 0.05) is 6.04 Å². The summed E-state index contributed by atoms with van der Waals surface area (Å²) in [5, 5.41) is 10.2. The van der Waals surface area contributed by atoms with Crippen LogP contribution in [0.15, 0.2) is 48.5 Å². The molecule has 0 heterocycles. The Balaban J connectivity index is 2.04. The van der Waals surface area contributed by atoms with Crippen molar-refractivity contribution in [3.8, 4) is 11.5 Å². The highest BCUT2D eigenvalue weighted by Crippen LogP contribution is 2.30. The lowest BCUT2D eigenvalue weighted by atomic mass is 9.99. The number of hydrogen-bond donors (Lipinski definition) is 2. The normalized spacial score (nSPS) is 12.1. The minimum absolute atomic E-state index is 0.0276. The Hall–Kier alpha value is -2.00. The molecule has 0 aliphatic carbocycles. The molecule has 0 amide bonds. The summed E-state index contributed by atoms with van der Waals surface area (Å²) >= 11 is 0. The Morgan fingerprint density at radius 2 is 1.80 bits per heavy atom. The van der Waals surface area contributed by atoms with E-state index < -0.39 is 0 Å². The van der Waals surface area contributed by atoms with Gasteiger partial charge in [-0.2, -0.15) is 0 Å². The molecule has 0 fully saturated rings. The zero-order valence-electron chi connectivity index (χ0n) is 11.8. The predicted molar refractivity (Wildman–Crippen MR) is 81.1 cm³/mol. The lowest BCUT2D eigenvalue weighted by molar-refractivity contribution is 0.316. The van der Waals surface area contributed by atoms with Crippen molar-refractivity contribution in [1.82, 2.24) is 0 Å². The first-order chi connectivity index (χ1) is 9.70. The summed E-state index contributed by atoms with van der Waals surface area (Å²) in [5.41, 5.74) is 8.22. The van der Waals surface area contributed by atoms with Crippen LogP contribution in [0.3, 0.4) is 0 Å². The van der Waals surface area contributed by atoms with Crippen molar-refractivity contribution in [3.05, 3.63) is 59.7 Å². The summed E-state index contributed by atoms with van der Waals surface area (Å²) in [6, 6.07) is 15.7. The summed E-state index contributed by atoms with van der Waals surface area (Å²) in [6.45, 7) is 2.43. The highest BCUT2D eigenvalue weighted by atomic mass is 16.5. The third kappa shape index (κ3) is 3.75. The Morgan fingerprint density at radius 3 is 2.50 bits per heavy atom. The Morgan fingerprint density at radius 1 is 1.05 bits per heavy atom. The van der Waals surface area contributed by atoms with Crippen LogP contribution in [0.2, 0.25) is 0 Å². The van der Waals surface area contributed by atoms with Crippen LogP contribution in [0.25, 0.3) is 0 Å². The van der Waals surface area contributed by atoms with Crippen molar-refractivity contribution in [3.63, 3.8) is 0 Å². The summed E-state index contributed by atoms with van der Waals surface area (Å²) in [7, 11) is 0. The van der Waals surface area contributed by atoms with Gasteiger partial charge >= 0.3 is 0 Å². The van der Waals surface area contributed by atoms with Crippen molar-refractivity contribution in [2.45, 2.75) is 25.8 Å². The highest BCUT2D eigenvalue weighted by Gasteiger charge is 2.12. The zero-order chi connectivity index (χ0) is 14.4. The van der Waals surface area contributed by atoms with E-state index in [1.165, 1.54) is 5.56 Å². The minimum Gasteiger partial charge on any atom is -0.504 e. The summed E-state index contributed by atoms with van der Waals surface area (Å²) in [4.78, 5) is 0. The van der Waals surface area contributed by atoms with Crippen molar-refractivity contribution in [2.24, 2.45) is 5.73 Å². The van der Waals surface area contributed by atoms with E-state index >= 15 is 0 Å². The van der Waals surface area contributed by atoms with Crippen molar-refractivity contribution >= 4 is 0 Å². The fourth-order valence-electron chi connectivity index (χ4n) is 2.28. The van der Waals surface area contributed by atoms with Crippen LogP contribution >= 0.6 is 0 Å². The Bertz CT molecular complexity index is 540. The molecule has 20 heavy (non-hydrogen) atoms. The molecule has 106 valence electrons. The molecule has 0 spiro atoms. The molecular weight excluding hydrogens is 250 g/mol. The van der Waals surface area contributed by atoms with Gasteiger partial charge in [-0.15, -0.1) is 0 Å². The van der Waals surface area contributed by atoms with Gasteiger partial charge in [0.05, 0.1) is 6.61 Å². The second-order valence-corrected chi connectivity index (χ2v) is 4.85. The van der Waals surface area contributed by atoms with Crippen LogP contribution in [-0.4, -0.2) is 17.8 Å². The minimum atomic E-state index is -0.0276. The van der Waals surface area contributed by atoms with Crippen LogP contribution in [0.4, 0.5) is 0 Å². The summed E-state index contributed by atoms with van der Waals surface area (Å²) < 4.78 is 5.39. The van der Waals surface area contributed by atoms with Crippen LogP contribution in [-0.2, 0) is 12.8 Å². The number of phenols is 1. The topological polar surface area (TPSA) is 55.5 Å². The van der Waals surface area contributed by atoms with Gasteiger partial charge in [0.15, 0.2) is 11.5 Å². The highest BCUT2D eigenvalue weighted by molar-refractivity contribution is 5.45. The first-order valence-electron chi connectivity index (χ1n) is 6.94. The van der Waals surface area contributed by atoms with Gasteiger partial charge in [-0.1, -0.05) is 42.5 Å². The Kier molecular flexibility index (Phi) is 5.02. The monoisotopic (exact) mass is 271 g/mol. The molecule has 3 nitrogen and oxygen atoms in total. The van der Waals surface area contributed by atoms with Crippen LogP contribution < -0.4 is 10.5 Å². The number of nitrogens with two attached hydrogens (primary N) is 1. The van der Waals surface area contributed by atoms with E-state index in [4.69, 9.17) is 10.5 Å². The molecule has 0 radical (unpaired) electrons. The summed E-state index contributed by atoms with van der Waals surface area (Å²) in [6.07, 6.45) is 1.42. The molecule has 3 heteroatoms. The fraction of sp³-hybridized carbons (Fsp3) is 0.294. The van der Waals surface area contributed by atoms with E-state index in [2.05, 4.69) is 12.1 Å². The molecule has 0 saturated heterocycles. The maximum Gasteiger partial charge on any atom is 0.161 e. The first kappa shape index (κ1) is 14.4. The maximum absolute atomic E-state index is 10.2. The van der Waals surface area contributed by atoms with Crippen LogP contribution in [0.1, 0.15) is 18.1 Å². The molecule has 3 N–H and O–H groups in total. The number of benzene rings is 2. The van der Waals surface area contributed by atoms with E-state index in [9.17, 15) is 5.11 Å². The van der Waals surface area contributed by atoms with Gasteiger partial charge in [-0.3, -0.25) is 0 Å². The molecule has 0 aliphatic rings. The lowest BCUT2D eigenvalue weighted by Gasteiger charge is -2.14. The maximum atomic E-state index is 10.2. The molecule has 0 aromatic heterocycles.